The molecule has 3 heterocycles. The summed E-state index contributed by atoms with van der Waals surface area (Å²) in [5.74, 6) is 5.60. The third kappa shape index (κ3) is 2.56. The summed E-state index contributed by atoms with van der Waals surface area (Å²) < 4.78 is 2.52. The fraction of sp³-hybridized carbons (Fsp3) is 0.0556. The van der Waals surface area contributed by atoms with Crippen LogP contribution in [0.1, 0.15) is 5.56 Å². The predicted octanol–water partition coefficient (Wildman–Crippen LogP) is 2.13. The molecule has 0 amide bonds. The van der Waals surface area contributed by atoms with Crippen molar-refractivity contribution < 1.29 is 0 Å². The summed E-state index contributed by atoms with van der Waals surface area (Å²) in [5, 5.41) is 1.27. The Morgan fingerprint density at radius 3 is 2.40 bits per heavy atom. The van der Waals surface area contributed by atoms with Crippen molar-refractivity contribution in [1.82, 2.24) is 14.2 Å². The Balaban J connectivity index is 1.94. The maximum atomic E-state index is 12.8. The average molecular weight is 353 g/mol. The van der Waals surface area contributed by atoms with Gasteiger partial charge in [-0.15, -0.1) is 0 Å². The van der Waals surface area contributed by atoms with Crippen molar-refractivity contribution in [3.8, 4) is 0 Å². The Bertz CT molecular complexity index is 1240. The van der Waals surface area contributed by atoms with Gasteiger partial charge in [0.15, 0.2) is 0 Å². The lowest BCUT2D eigenvalue weighted by atomic mass is 10.2. The first-order valence-corrected chi connectivity index (χ1v) is 7.96. The molecule has 0 bridgehead atoms. The number of halogens is 1. The molecule has 3 aromatic heterocycles. The van der Waals surface area contributed by atoms with Gasteiger partial charge in [0, 0.05) is 17.4 Å². The van der Waals surface area contributed by atoms with Crippen LogP contribution in [0.4, 0.5) is 0 Å². The molecule has 0 fully saturated rings. The Kier molecular flexibility index (Phi) is 3.54. The first-order chi connectivity index (χ1) is 12.0. The van der Waals surface area contributed by atoms with Crippen LogP contribution in [0.2, 0.25) is 5.02 Å². The number of hydrogen-bond donors (Lipinski definition) is 1. The van der Waals surface area contributed by atoms with Crippen molar-refractivity contribution in [3.05, 3.63) is 86.2 Å². The van der Waals surface area contributed by atoms with Crippen molar-refractivity contribution in [2.75, 3.05) is 5.84 Å². The van der Waals surface area contributed by atoms with Gasteiger partial charge in [-0.3, -0.25) is 9.59 Å². The molecule has 0 spiro atoms. The van der Waals surface area contributed by atoms with Crippen LogP contribution >= 0.6 is 11.6 Å². The number of nitrogens with two attached hydrogens (primary N) is 1. The zero-order valence-corrected chi connectivity index (χ0v) is 13.8. The zero-order chi connectivity index (χ0) is 17.6. The minimum atomic E-state index is -0.396. The van der Waals surface area contributed by atoms with Gasteiger partial charge in [-0.2, -0.15) is 0 Å². The summed E-state index contributed by atoms with van der Waals surface area (Å²) >= 11 is 6.18. The topological polar surface area (TPSA) is 82.9 Å². The van der Waals surface area contributed by atoms with Crippen LogP contribution in [0.5, 0.6) is 0 Å². The molecule has 0 saturated carbocycles. The fourth-order valence-corrected chi connectivity index (χ4v) is 3.01. The third-order valence-electron chi connectivity index (χ3n) is 4.14. The molecule has 0 aliphatic carbocycles. The van der Waals surface area contributed by atoms with Crippen LogP contribution < -0.4 is 17.0 Å². The molecule has 7 heteroatoms. The largest absolute Gasteiger partial charge is 0.336 e. The molecular weight excluding hydrogens is 340 g/mol. The second-order valence-corrected chi connectivity index (χ2v) is 6.13. The van der Waals surface area contributed by atoms with Gasteiger partial charge in [0.1, 0.15) is 0 Å². The molecule has 0 atom stereocenters. The molecule has 1 aromatic carbocycles. The highest BCUT2D eigenvalue weighted by atomic mass is 35.5. The summed E-state index contributed by atoms with van der Waals surface area (Å²) in [7, 11) is 0. The van der Waals surface area contributed by atoms with Crippen molar-refractivity contribution in [3.63, 3.8) is 0 Å². The lowest BCUT2D eigenvalue weighted by Crippen LogP contribution is -2.27. The fourth-order valence-electron chi connectivity index (χ4n) is 2.81. The van der Waals surface area contributed by atoms with Crippen molar-refractivity contribution in [2.24, 2.45) is 0 Å². The highest BCUT2D eigenvalue weighted by molar-refractivity contribution is 6.31. The van der Waals surface area contributed by atoms with Crippen LogP contribution in [0.25, 0.3) is 21.8 Å². The summed E-state index contributed by atoms with van der Waals surface area (Å²) in [6, 6.07) is 12.3. The second kappa shape index (κ2) is 5.75. The van der Waals surface area contributed by atoms with E-state index in [4.69, 9.17) is 17.4 Å². The van der Waals surface area contributed by atoms with Crippen LogP contribution in [-0.4, -0.2) is 14.2 Å². The van der Waals surface area contributed by atoms with E-state index in [0.717, 1.165) is 10.2 Å². The van der Waals surface area contributed by atoms with E-state index in [0.29, 0.717) is 33.4 Å². The number of pyridine rings is 3. The smallest absolute Gasteiger partial charge is 0.278 e. The first kappa shape index (κ1) is 15.4. The molecule has 0 unspecified atom stereocenters. The van der Waals surface area contributed by atoms with Crippen LogP contribution in [-0.2, 0) is 6.54 Å². The van der Waals surface area contributed by atoms with Gasteiger partial charge >= 0.3 is 0 Å². The van der Waals surface area contributed by atoms with E-state index in [-0.39, 0.29) is 5.56 Å². The molecule has 6 nitrogen and oxygen atoms in total. The maximum Gasteiger partial charge on any atom is 0.278 e. The Labute approximate surface area is 146 Å². The lowest BCUT2D eigenvalue weighted by molar-refractivity contribution is 0.768. The number of benzene rings is 1. The van der Waals surface area contributed by atoms with E-state index in [9.17, 15) is 9.59 Å². The van der Waals surface area contributed by atoms with Crippen LogP contribution in [0.15, 0.2) is 64.4 Å². The minimum Gasteiger partial charge on any atom is -0.336 e. The molecule has 0 aliphatic heterocycles. The number of aromatic nitrogens is 3. The summed E-state index contributed by atoms with van der Waals surface area (Å²) in [5.41, 5.74) is 1.24. The number of rotatable bonds is 2. The van der Waals surface area contributed by atoms with E-state index >= 15 is 0 Å². The van der Waals surface area contributed by atoms with Crippen molar-refractivity contribution in [1.29, 1.82) is 0 Å². The van der Waals surface area contributed by atoms with E-state index in [1.165, 1.54) is 6.20 Å². The first-order valence-electron chi connectivity index (χ1n) is 7.58. The Morgan fingerprint density at radius 1 is 0.960 bits per heavy atom. The van der Waals surface area contributed by atoms with Crippen molar-refractivity contribution >= 4 is 33.4 Å². The maximum absolute atomic E-state index is 12.8. The second-order valence-electron chi connectivity index (χ2n) is 5.72. The van der Waals surface area contributed by atoms with Crippen LogP contribution in [0, 0.1) is 0 Å². The number of hydrogen-bond acceptors (Lipinski definition) is 4. The molecule has 0 radical (unpaired) electrons. The molecule has 124 valence electrons. The normalized spacial score (nSPS) is 11.2. The molecule has 0 saturated heterocycles. The van der Waals surface area contributed by atoms with Gasteiger partial charge in [0.05, 0.1) is 28.4 Å². The van der Waals surface area contributed by atoms with E-state index in [2.05, 4.69) is 4.98 Å². The molecule has 4 rings (SSSR count). The zero-order valence-electron chi connectivity index (χ0n) is 13.0. The van der Waals surface area contributed by atoms with Crippen LogP contribution in [0.3, 0.4) is 0 Å². The highest BCUT2D eigenvalue weighted by Gasteiger charge is 2.10. The van der Waals surface area contributed by atoms with Gasteiger partial charge < -0.3 is 10.4 Å². The number of nitrogens with zero attached hydrogens (tertiary/aromatic N) is 3. The van der Waals surface area contributed by atoms with Gasteiger partial charge in [0.2, 0.25) is 0 Å². The van der Waals surface area contributed by atoms with Gasteiger partial charge in [-0.25, -0.2) is 9.66 Å². The van der Waals surface area contributed by atoms with Gasteiger partial charge in [0.25, 0.3) is 11.1 Å². The Hall–Kier alpha value is -3.12. The van der Waals surface area contributed by atoms with E-state index in [1.54, 1.807) is 35.0 Å². The standard InChI is InChI=1S/C18H13ClN4O2/c19-14-4-2-1-3-11(14)10-22-7-5-15-12(17(22)24)9-13-16(21-15)6-8-23(20)18(13)25/h1-9H,10,20H2. The molecule has 2 N–H and O–H groups in total. The van der Waals surface area contributed by atoms with Gasteiger partial charge in [-0.05, 0) is 29.8 Å². The summed E-state index contributed by atoms with van der Waals surface area (Å²) in [4.78, 5) is 29.4. The average Bonchev–Trinajstić information content (AvgIpc) is 2.62. The lowest BCUT2D eigenvalue weighted by Gasteiger charge is -2.09. The Morgan fingerprint density at radius 2 is 1.64 bits per heavy atom. The van der Waals surface area contributed by atoms with Gasteiger partial charge in [-0.1, -0.05) is 29.8 Å². The summed E-state index contributed by atoms with van der Waals surface area (Å²) in [6.07, 6.45) is 3.12. The molecule has 25 heavy (non-hydrogen) atoms. The highest BCUT2D eigenvalue weighted by Crippen LogP contribution is 2.17. The SMILES string of the molecule is Nn1ccc2nc3ccn(Cc4ccccc4Cl)c(=O)c3cc2c1=O. The predicted molar refractivity (Wildman–Crippen MR) is 98.5 cm³/mol. The molecular formula is C18H13ClN4O2. The minimum absolute atomic E-state index is 0.237. The number of nitrogen functional groups attached to an aromatic ring is 1. The number of fused-ring (bicyclic) bond motifs is 2. The molecule has 0 aliphatic rings. The quantitative estimate of drug-likeness (QED) is 0.442. The third-order valence-corrected chi connectivity index (χ3v) is 4.51. The van der Waals surface area contributed by atoms with E-state index in [1.807, 2.05) is 18.2 Å². The molecule has 4 aromatic rings. The monoisotopic (exact) mass is 352 g/mol. The van der Waals surface area contributed by atoms with E-state index < -0.39 is 5.56 Å². The summed E-state index contributed by atoms with van der Waals surface area (Å²) in [6.45, 7) is 0.336. The van der Waals surface area contributed by atoms with Crippen molar-refractivity contribution in [2.45, 2.75) is 6.54 Å².